The Morgan fingerprint density at radius 1 is 0.543 bits per heavy atom. The van der Waals surface area contributed by atoms with Crippen LogP contribution in [-0.4, -0.2) is 47.0 Å². The molecule has 0 spiro atoms. The van der Waals surface area contributed by atoms with Gasteiger partial charge in [0, 0.05) is 0 Å². The standard InChI is InChI=1S/2C19H17NO3/c2*1-19-9-8-14(23-19)15-16(19)18(22)20(17(15)21)13-7-6-11-4-2-3-5-12(11)10-13/h2*2-7,10,14-16H,8-9H2,1H3/t2*14?,15-,16+,19?/m10/s1. The van der Waals surface area contributed by atoms with Crippen molar-refractivity contribution in [2.24, 2.45) is 23.7 Å². The van der Waals surface area contributed by atoms with Gasteiger partial charge >= 0.3 is 0 Å². The maximum absolute atomic E-state index is 13.0. The highest BCUT2D eigenvalue weighted by atomic mass is 16.5. The van der Waals surface area contributed by atoms with Crippen LogP contribution in [0.15, 0.2) is 84.9 Å². The number of carbonyl (C=O) groups is 4. The maximum atomic E-state index is 13.0. The minimum absolute atomic E-state index is 0.0908. The molecule has 6 heterocycles. The highest BCUT2D eigenvalue weighted by Gasteiger charge is 2.69. The van der Waals surface area contributed by atoms with E-state index in [-0.39, 0.29) is 59.5 Å². The van der Waals surface area contributed by atoms with Crippen LogP contribution < -0.4 is 9.80 Å². The summed E-state index contributed by atoms with van der Waals surface area (Å²) in [5.41, 5.74) is 0.425. The zero-order valence-electron chi connectivity index (χ0n) is 25.7. The number of ether oxygens (including phenoxy) is 2. The first-order chi connectivity index (χ1) is 22.2. The fourth-order valence-electron chi connectivity index (χ4n) is 9.30. The van der Waals surface area contributed by atoms with E-state index in [2.05, 4.69) is 0 Å². The third-order valence-electron chi connectivity index (χ3n) is 11.5. The molecule has 4 aromatic carbocycles. The zero-order valence-corrected chi connectivity index (χ0v) is 25.7. The van der Waals surface area contributed by atoms with Gasteiger partial charge in [-0.05, 0) is 85.3 Å². The first kappa shape index (κ1) is 27.9. The summed E-state index contributed by atoms with van der Waals surface area (Å²) in [4.78, 5) is 54.5. The van der Waals surface area contributed by atoms with Gasteiger partial charge in [-0.15, -0.1) is 0 Å². The van der Waals surface area contributed by atoms with Crippen LogP contribution in [-0.2, 0) is 28.7 Å². The highest BCUT2D eigenvalue weighted by Crippen LogP contribution is 2.56. The lowest BCUT2D eigenvalue weighted by Crippen LogP contribution is -2.39. The number of rotatable bonds is 2. The van der Waals surface area contributed by atoms with Crippen molar-refractivity contribution in [1.29, 1.82) is 0 Å². The minimum Gasteiger partial charge on any atom is -0.370 e. The summed E-state index contributed by atoms with van der Waals surface area (Å²) >= 11 is 0. The molecule has 6 saturated heterocycles. The van der Waals surface area contributed by atoms with Crippen molar-refractivity contribution in [2.45, 2.75) is 62.9 Å². The smallest absolute Gasteiger partial charge is 0.240 e. The molecule has 4 aromatic rings. The van der Waals surface area contributed by atoms with Gasteiger partial charge in [-0.1, -0.05) is 60.7 Å². The number of hydrogen-bond acceptors (Lipinski definition) is 6. The van der Waals surface area contributed by atoms with E-state index in [1.54, 1.807) is 0 Å². The molecule has 8 heteroatoms. The molecule has 10 rings (SSSR count). The zero-order chi connectivity index (χ0) is 31.5. The summed E-state index contributed by atoms with van der Waals surface area (Å²) in [5, 5.41) is 4.28. The van der Waals surface area contributed by atoms with Gasteiger partial charge in [0.1, 0.15) is 0 Å². The molecule has 0 saturated carbocycles. The number of imide groups is 2. The van der Waals surface area contributed by atoms with Crippen LogP contribution in [0.4, 0.5) is 11.4 Å². The van der Waals surface area contributed by atoms with Gasteiger partial charge in [-0.25, -0.2) is 9.80 Å². The topological polar surface area (TPSA) is 93.2 Å². The predicted octanol–water partition coefficient (Wildman–Crippen LogP) is 5.79. The third-order valence-corrected chi connectivity index (χ3v) is 11.5. The molecule has 0 aromatic heterocycles. The molecule has 4 amide bonds. The van der Waals surface area contributed by atoms with E-state index in [9.17, 15) is 19.2 Å². The third kappa shape index (κ3) is 3.74. The van der Waals surface area contributed by atoms with E-state index in [4.69, 9.17) is 9.47 Å². The van der Waals surface area contributed by atoms with Crippen molar-refractivity contribution >= 4 is 56.5 Å². The van der Waals surface area contributed by atoms with Crippen LogP contribution in [0.25, 0.3) is 21.5 Å². The number of benzene rings is 4. The van der Waals surface area contributed by atoms with Crippen molar-refractivity contribution in [3.05, 3.63) is 84.9 Å². The number of anilines is 2. The van der Waals surface area contributed by atoms with Crippen LogP contribution >= 0.6 is 0 Å². The Balaban J connectivity index is 0.000000127. The fraction of sp³-hybridized carbons (Fsp3) is 0.368. The second kappa shape index (κ2) is 9.56. The van der Waals surface area contributed by atoms with Crippen molar-refractivity contribution < 1.29 is 28.7 Å². The average Bonchev–Trinajstić information content (AvgIpc) is 3.88. The van der Waals surface area contributed by atoms with Gasteiger partial charge in [-0.3, -0.25) is 19.2 Å². The monoisotopic (exact) mass is 614 g/mol. The summed E-state index contributed by atoms with van der Waals surface area (Å²) in [6.45, 7) is 3.96. The van der Waals surface area contributed by atoms with Crippen LogP contribution in [0.1, 0.15) is 39.5 Å². The van der Waals surface area contributed by atoms with Gasteiger partial charge in [-0.2, -0.15) is 0 Å². The van der Waals surface area contributed by atoms with Crippen molar-refractivity contribution in [2.75, 3.05) is 9.80 Å². The summed E-state index contributed by atoms with van der Waals surface area (Å²) in [6, 6.07) is 27.4. The molecule has 46 heavy (non-hydrogen) atoms. The Bertz CT molecular complexity index is 1860. The van der Waals surface area contributed by atoms with E-state index in [1.165, 1.54) is 9.80 Å². The predicted molar refractivity (Wildman–Crippen MR) is 172 cm³/mol. The lowest BCUT2D eigenvalue weighted by Gasteiger charge is -2.26. The first-order valence-corrected chi connectivity index (χ1v) is 16.3. The van der Waals surface area contributed by atoms with E-state index in [0.717, 1.165) is 47.2 Å². The largest absolute Gasteiger partial charge is 0.370 e. The van der Waals surface area contributed by atoms with Crippen LogP contribution in [0.2, 0.25) is 0 Å². The van der Waals surface area contributed by atoms with Crippen molar-refractivity contribution in [3.63, 3.8) is 0 Å². The molecule has 6 aliphatic rings. The molecular formula is C38H34N2O6. The molecule has 6 fully saturated rings. The number of amides is 4. The van der Waals surface area contributed by atoms with E-state index in [1.807, 2.05) is 98.8 Å². The molecule has 4 bridgehead atoms. The van der Waals surface area contributed by atoms with Gasteiger partial charge in [0.25, 0.3) is 0 Å². The molecular weight excluding hydrogens is 580 g/mol. The van der Waals surface area contributed by atoms with Gasteiger partial charge in [0.2, 0.25) is 23.6 Å². The van der Waals surface area contributed by atoms with E-state index >= 15 is 0 Å². The van der Waals surface area contributed by atoms with E-state index < -0.39 is 11.2 Å². The first-order valence-electron chi connectivity index (χ1n) is 16.3. The number of fused-ring (bicyclic) bond motifs is 12. The lowest BCUT2D eigenvalue weighted by molar-refractivity contribution is -0.128. The molecule has 6 aliphatic heterocycles. The molecule has 0 aliphatic carbocycles. The SMILES string of the molecule is CC12CCC(O1)[C@@H]1C(=O)N(c3ccc4ccccc4c3)C(=O)[C@@H]12.CC12CCC(O1)[C@H]1C(=O)N(c3ccc4ccccc4c3)C(=O)[C@H]12. The van der Waals surface area contributed by atoms with Gasteiger partial charge in [0.05, 0.1) is 58.5 Å². The molecule has 8 atom stereocenters. The normalized spacial score (nSPS) is 35.3. The van der Waals surface area contributed by atoms with Crippen LogP contribution in [0.5, 0.6) is 0 Å². The Labute approximate surface area is 266 Å². The Morgan fingerprint density at radius 3 is 1.33 bits per heavy atom. The Morgan fingerprint density at radius 2 is 0.935 bits per heavy atom. The molecule has 232 valence electrons. The Hall–Kier alpha value is -4.40. The summed E-state index contributed by atoms with van der Waals surface area (Å²) in [5.74, 6) is -1.62. The van der Waals surface area contributed by atoms with E-state index in [0.29, 0.717) is 11.4 Å². The lowest BCUT2D eigenvalue weighted by atomic mass is 9.74. The van der Waals surface area contributed by atoms with Crippen LogP contribution in [0.3, 0.4) is 0 Å². The maximum Gasteiger partial charge on any atom is 0.240 e. The average molecular weight is 615 g/mol. The van der Waals surface area contributed by atoms with Gasteiger partial charge < -0.3 is 9.47 Å². The summed E-state index contributed by atoms with van der Waals surface area (Å²) < 4.78 is 11.9. The second-order valence-electron chi connectivity index (χ2n) is 14.1. The van der Waals surface area contributed by atoms with Crippen molar-refractivity contribution in [3.8, 4) is 0 Å². The number of hydrogen-bond donors (Lipinski definition) is 0. The minimum atomic E-state index is -0.465. The highest BCUT2D eigenvalue weighted by molar-refractivity contribution is 6.24. The fourth-order valence-corrected chi connectivity index (χ4v) is 9.30. The summed E-state index contributed by atoms with van der Waals surface area (Å²) in [6.07, 6.45) is 3.30. The Kier molecular flexibility index (Phi) is 5.79. The quantitative estimate of drug-likeness (QED) is 0.265. The summed E-state index contributed by atoms with van der Waals surface area (Å²) in [7, 11) is 0. The van der Waals surface area contributed by atoms with Gasteiger partial charge in [0.15, 0.2) is 0 Å². The number of carbonyl (C=O) groups excluding carboxylic acids is 4. The molecule has 0 radical (unpaired) electrons. The molecule has 4 unspecified atom stereocenters. The second-order valence-corrected chi connectivity index (χ2v) is 14.1. The number of nitrogens with zero attached hydrogens (tertiary/aromatic N) is 2. The molecule has 8 nitrogen and oxygen atoms in total. The van der Waals surface area contributed by atoms with Crippen LogP contribution in [0, 0.1) is 23.7 Å². The molecule has 0 N–H and O–H groups in total. The van der Waals surface area contributed by atoms with Crippen molar-refractivity contribution in [1.82, 2.24) is 0 Å².